The minimum Gasteiger partial charge on any atom is -0.369 e. The normalized spacial score (nSPS) is 13.0. The highest BCUT2D eigenvalue weighted by molar-refractivity contribution is 5.79. The molecule has 2 rings (SSSR count). The van der Waals surface area contributed by atoms with Crippen LogP contribution in [0, 0.1) is 6.92 Å². The fourth-order valence-electron chi connectivity index (χ4n) is 2.68. The number of benzene rings is 1. The van der Waals surface area contributed by atoms with Crippen LogP contribution in [0.15, 0.2) is 18.2 Å². The summed E-state index contributed by atoms with van der Waals surface area (Å²) in [6.07, 6.45) is 6.35. The van der Waals surface area contributed by atoms with E-state index >= 15 is 0 Å². The van der Waals surface area contributed by atoms with Crippen molar-refractivity contribution in [1.82, 2.24) is 9.55 Å². The third-order valence-electron chi connectivity index (χ3n) is 3.79. The summed E-state index contributed by atoms with van der Waals surface area (Å²) in [5, 5.41) is 0. The Morgan fingerprint density at radius 1 is 1.26 bits per heavy atom. The monoisotopic (exact) mass is 259 g/mol. The van der Waals surface area contributed by atoms with Crippen molar-refractivity contribution in [3.8, 4) is 0 Å². The number of fused-ring (bicyclic) bond motifs is 1. The molecule has 2 N–H and O–H groups in total. The molecule has 1 heterocycles. The summed E-state index contributed by atoms with van der Waals surface area (Å²) in [7, 11) is 0. The Bertz CT molecular complexity index is 542. The Morgan fingerprint density at radius 3 is 2.79 bits per heavy atom. The van der Waals surface area contributed by atoms with Crippen molar-refractivity contribution in [2.24, 2.45) is 0 Å². The summed E-state index contributed by atoms with van der Waals surface area (Å²) in [6.45, 7) is 6.60. The average Bonchev–Trinajstić information content (AvgIpc) is 2.70. The maximum Gasteiger partial charge on any atom is 0.201 e. The molecule has 0 radical (unpaired) electrons. The van der Waals surface area contributed by atoms with Crippen molar-refractivity contribution < 1.29 is 0 Å². The van der Waals surface area contributed by atoms with E-state index in [9.17, 15) is 0 Å². The number of rotatable bonds is 6. The number of imidazole rings is 1. The Labute approximate surface area is 115 Å². The van der Waals surface area contributed by atoms with E-state index in [0.29, 0.717) is 12.0 Å². The molecule has 0 bridgehead atoms. The molecule has 0 aliphatic carbocycles. The second kappa shape index (κ2) is 6.09. The van der Waals surface area contributed by atoms with Crippen LogP contribution in [-0.4, -0.2) is 9.55 Å². The molecule has 0 saturated heterocycles. The third kappa shape index (κ3) is 3.09. The van der Waals surface area contributed by atoms with Gasteiger partial charge in [-0.1, -0.05) is 38.7 Å². The highest BCUT2D eigenvalue weighted by Gasteiger charge is 2.13. The lowest BCUT2D eigenvalue weighted by molar-refractivity contribution is 0.486. The van der Waals surface area contributed by atoms with Crippen molar-refractivity contribution in [3.05, 3.63) is 23.8 Å². The maximum atomic E-state index is 6.09. The quantitative estimate of drug-likeness (QED) is 0.778. The van der Waals surface area contributed by atoms with E-state index in [1.165, 1.54) is 43.2 Å². The summed E-state index contributed by atoms with van der Waals surface area (Å²) in [6, 6.07) is 6.75. The van der Waals surface area contributed by atoms with Gasteiger partial charge in [-0.05, 0) is 38.0 Å². The van der Waals surface area contributed by atoms with Gasteiger partial charge in [0, 0.05) is 6.04 Å². The Hall–Kier alpha value is -1.51. The molecule has 1 atom stereocenters. The first-order valence-corrected chi connectivity index (χ1v) is 7.37. The zero-order valence-electron chi connectivity index (χ0n) is 12.3. The molecule has 3 heteroatoms. The summed E-state index contributed by atoms with van der Waals surface area (Å²) in [5.41, 5.74) is 9.51. The van der Waals surface area contributed by atoms with Crippen molar-refractivity contribution in [2.45, 2.75) is 58.9 Å². The van der Waals surface area contributed by atoms with Crippen LogP contribution in [0.25, 0.3) is 11.0 Å². The second-order valence-corrected chi connectivity index (χ2v) is 5.53. The number of hydrogen-bond acceptors (Lipinski definition) is 2. The molecule has 3 nitrogen and oxygen atoms in total. The third-order valence-corrected chi connectivity index (χ3v) is 3.79. The first kappa shape index (κ1) is 13.9. The molecule has 104 valence electrons. The van der Waals surface area contributed by atoms with Crippen LogP contribution in [0.5, 0.6) is 0 Å². The summed E-state index contributed by atoms with van der Waals surface area (Å²) < 4.78 is 2.19. The minimum atomic E-state index is 0.420. The number of nitrogen functional groups attached to an aromatic ring is 1. The van der Waals surface area contributed by atoms with Gasteiger partial charge < -0.3 is 10.3 Å². The number of nitrogens with zero attached hydrogens (tertiary/aromatic N) is 2. The zero-order chi connectivity index (χ0) is 13.8. The molecule has 1 aromatic carbocycles. The number of nitrogens with two attached hydrogens (primary N) is 1. The number of hydrogen-bond donors (Lipinski definition) is 1. The fraction of sp³-hybridized carbons (Fsp3) is 0.562. The number of unbranched alkanes of at least 4 members (excludes halogenated alkanes) is 3. The van der Waals surface area contributed by atoms with E-state index in [1.807, 2.05) is 0 Å². The van der Waals surface area contributed by atoms with Crippen LogP contribution in [0.2, 0.25) is 0 Å². The van der Waals surface area contributed by atoms with Crippen LogP contribution in [0.4, 0.5) is 5.95 Å². The highest BCUT2D eigenvalue weighted by Crippen LogP contribution is 2.26. The van der Waals surface area contributed by atoms with E-state index in [0.717, 1.165) is 5.52 Å². The minimum absolute atomic E-state index is 0.420. The largest absolute Gasteiger partial charge is 0.369 e. The van der Waals surface area contributed by atoms with Gasteiger partial charge in [-0.25, -0.2) is 4.98 Å². The van der Waals surface area contributed by atoms with Gasteiger partial charge in [-0.3, -0.25) is 0 Å². The molecular weight excluding hydrogens is 234 g/mol. The topological polar surface area (TPSA) is 43.8 Å². The number of anilines is 1. The Balaban J connectivity index is 2.18. The summed E-state index contributed by atoms with van der Waals surface area (Å²) >= 11 is 0. The zero-order valence-corrected chi connectivity index (χ0v) is 12.3. The van der Waals surface area contributed by atoms with Gasteiger partial charge >= 0.3 is 0 Å². The van der Waals surface area contributed by atoms with E-state index in [-0.39, 0.29) is 0 Å². The molecule has 19 heavy (non-hydrogen) atoms. The van der Waals surface area contributed by atoms with Gasteiger partial charge in [0.05, 0.1) is 11.0 Å². The molecule has 0 aliphatic rings. The van der Waals surface area contributed by atoms with Crippen LogP contribution in [0.3, 0.4) is 0 Å². The average molecular weight is 259 g/mol. The smallest absolute Gasteiger partial charge is 0.201 e. The Morgan fingerprint density at radius 2 is 2.05 bits per heavy atom. The summed E-state index contributed by atoms with van der Waals surface area (Å²) in [4.78, 5) is 4.46. The predicted molar refractivity (Wildman–Crippen MR) is 82.4 cm³/mol. The molecule has 0 fully saturated rings. The molecule has 0 amide bonds. The lowest BCUT2D eigenvalue weighted by atomic mass is 10.1. The van der Waals surface area contributed by atoms with Crippen LogP contribution in [-0.2, 0) is 0 Å². The molecule has 0 saturated carbocycles. The number of aromatic nitrogens is 2. The predicted octanol–water partition coefficient (Wildman–Crippen LogP) is 4.46. The van der Waals surface area contributed by atoms with Gasteiger partial charge in [0.15, 0.2) is 0 Å². The van der Waals surface area contributed by atoms with E-state index in [4.69, 9.17) is 5.73 Å². The van der Waals surface area contributed by atoms with Gasteiger partial charge in [-0.2, -0.15) is 0 Å². The van der Waals surface area contributed by atoms with E-state index in [2.05, 4.69) is 48.5 Å². The van der Waals surface area contributed by atoms with Gasteiger partial charge in [0.25, 0.3) is 0 Å². The molecule has 1 unspecified atom stereocenters. The van der Waals surface area contributed by atoms with Crippen LogP contribution >= 0.6 is 0 Å². The molecule has 1 aromatic heterocycles. The van der Waals surface area contributed by atoms with Crippen molar-refractivity contribution in [2.75, 3.05) is 5.73 Å². The van der Waals surface area contributed by atoms with Crippen LogP contribution in [0.1, 0.15) is 57.6 Å². The molecule has 2 aromatic rings. The van der Waals surface area contributed by atoms with Gasteiger partial charge in [-0.15, -0.1) is 0 Å². The van der Waals surface area contributed by atoms with E-state index in [1.54, 1.807) is 0 Å². The molecular formula is C16H25N3. The fourth-order valence-corrected chi connectivity index (χ4v) is 2.68. The SMILES string of the molecule is CCCCCCC(C)n1c(N)nc2ccc(C)cc21. The molecule has 0 spiro atoms. The molecule has 0 aliphatic heterocycles. The maximum absolute atomic E-state index is 6.09. The van der Waals surface area contributed by atoms with Crippen molar-refractivity contribution in [3.63, 3.8) is 0 Å². The van der Waals surface area contributed by atoms with Crippen molar-refractivity contribution in [1.29, 1.82) is 0 Å². The lowest BCUT2D eigenvalue weighted by Gasteiger charge is -2.16. The van der Waals surface area contributed by atoms with Gasteiger partial charge in [0.2, 0.25) is 5.95 Å². The van der Waals surface area contributed by atoms with Crippen molar-refractivity contribution >= 4 is 17.0 Å². The first-order valence-electron chi connectivity index (χ1n) is 7.37. The first-order chi connectivity index (χ1) is 9.13. The summed E-state index contributed by atoms with van der Waals surface area (Å²) in [5.74, 6) is 0.642. The lowest BCUT2D eigenvalue weighted by Crippen LogP contribution is -2.09. The van der Waals surface area contributed by atoms with E-state index < -0.39 is 0 Å². The Kier molecular flexibility index (Phi) is 4.46. The van der Waals surface area contributed by atoms with Gasteiger partial charge in [0.1, 0.15) is 0 Å². The second-order valence-electron chi connectivity index (χ2n) is 5.53. The number of aryl methyl sites for hydroxylation is 1. The highest BCUT2D eigenvalue weighted by atomic mass is 15.2. The van der Waals surface area contributed by atoms with Crippen LogP contribution < -0.4 is 5.73 Å². The standard InChI is InChI=1S/C16H25N3/c1-4-5-6-7-8-13(3)19-15-11-12(2)9-10-14(15)18-16(19)17/h9-11,13H,4-8H2,1-3H3,(H2,17,18).